The molecule has 1 heterocycles. The van der Waals surface area contributed by atoms with Crippen LogP contribution in [0.4, 0.5) is 5.69 Å². The second kappa shape index (κ2) is 6.11. The van der Waals surface area contributed by atoms with Gasteiger partial charge in [0.25, 0.3) is 5.69 Å². The maximum Gasteiger partial charge on any atom is 0.289 e. The van der Waals surface area contributed by atoms with Gasteiger partial charge in [-0.05, 0) is 18.6 Å². The molecule has 0 unspecified atom stereocenters. The second-order valence-corrected chi connectivity index (χ2v) is 6.84. The molecule has 0 aliphatic rings. The predicted octanol–water partition coefficient (Wildman–Crippen LogP) is 2.87. The number of nitrogens with zero attached hydrogens (tertiary/aromatic N) is 2. The summed E-state index contributed by atoms with van der Waals surface area (Å²) in [5, 5.41) is 20.3. The van der Waals surface area contributed by atoms with Gasteiger partial charge in [0.2, 0.25) is 10.0 Å². The van der Waals surface area contributed by atoms with E-state index in [4.69, 9.17) is 9.66 Å². The van der Waals surface area contributed by atoms with Crippen LogP contribution in [-0.4, -0.2) is 18.5 Å². The fraction of sp³-hybridized carbons (Fsp3) is 0.0625. The zero-order valence-electron chi connectivity index (χ0n) is 13.0. The first-order chi connectivity index (χ1) is 11.8. The molecule has 0 saturated carbocycles. The van der Waals surface area contributed by atoms with Crippen molar-refractivity contribution in [3.8, 4) is 22.4 Å². The average Bonchev–Trinajstić information content (AvgIpc) is 2.96. The SMILES string of the molecule is Cc1onc(-c2ccccc2)c1-c1ccc(S(N)(=O)=O)c([N+](=O)[O-])c1. The third kappa shape index (κ3) is 3.14. The van der Waals surface area contributed by atoms with Crippen molar-refractivity contribution in [3.63, 3.8) is 0 Å². The van der Waals surface area contributed by atoms with Gasteiger partial charge in [-0.25, -0.2) is 13.6 Å². The van der Waals surface area contributed by atoms with E-state index in [2.05, 4.69) is 5.16 Å². The molecule has 2 aromatic carbocycles. The molecule has 25 heavy (non-hydrogen) atoms. The summed E-state index contributed by atoms with van der Waals surface area (Å²) in [7, 11) is -4.22. The van der Waals surface area contributed by atoms with Crippen molar-refractivity contribution in [1.29, 1.82) is 0 Å². The number of sulfonamides is 1. The van der Waals surface area contributed by atoms with Gasteiger partial charge in [-0.3, -0.25) is 10.1 Å². The van der Waals surface area contributed by atoms with Crippen molar-refractivity contribution in [2.24, 2.45) is 5.14 Å². The number of primary sulfonamides is 1. The Bertz CT molecular complexity index is 1060. The Morgan fingerprint density at radius 1 is 1.12 bits per heavy atom. The van der Waals surface area contributed by atoms with Crippen molar-refractivity contribution in [2.45, 2.75) is 11.8 Å². The van der Waals surface area contributed by atoms with Crippen LogP contribution in [0.5, 0.6) is 0 Å². The van der Waals surface area contributed by atoms with E-state index in [1.165, 1.54) is 6.07 Å². The van der Waals surface area contributed by atoms with Gasteiger partial charge < -0.3 is 4.52 Å². The monoisotopic (exact) mass is 359 g/mol. The van der Waals surface area contributed by atoms with Gasteiger partial charge in [0, 0.05) is 11.6 Å². The molecule has 8 nitrogen and oxygen atoms in total. The Morgan fingerprint density at radius 3 is 2.40 bits per heavy atom. The summed E-state index contributed by atoms with van der Waals surface area (Å²) in [6, 6.07) is 12.9. The minimum Gasteiger partial charge on any atom is -0.360 e. The summed E-state index contributed by atoms with van der Waals surface area (Å²) in [5.74, 6) is 0.455. The van der Waals surface area contributed by atoms with Crippen LogP contribution in [0, 0.1) is 17.0 Å². The molecular formula is C16H13N3O5S. The Balaban J connectivity index is 2.24. The zero-order chi connectivity index (χ0) is 18.2. The minimum absolute atomic E-state index is 0.414. The molecule has 0 fully saturated rings. The molecule has 3 rings (SSSR count). The number of rotatable bonds is 4. The molecular weight excluding hydrogens is 346 g/mol. The van der Waals surface area contributed by atoms with Crippen LogP contribution in [0.3, 0.4) is 0 Å². The molecule has 0 amide bonds. The largest absolute Gasteiger partial charge is 0.360 e. The highest BCUT2D eigenvalue weighted by Crippen LogP contribution is 2.37. The van der Waals surface area contributed by atoms with Crippen molar-refractivity contribution >= 4 is 15.7 Å². The van der Waals surface area contributed by atoms with Gasteiger partial charge in [0.05, 0.1) is 10.5 Å². The molecule has 0 saturated heterocycles. The molecule has 0 aliphatic heterocycles. The smallest absolute Gasteiger partial charge is 0.289 e. The van der Waals surface area contributed by atoms with Gasteiger partial charge in [0.15, 0.2) is 4.90 Å². The van der Waals surface area contributed by atoms with Crippen LogP contribution < -0.4 is 5.14 Å². The third-order valence-corrected chi connectivity index (χ3v) is 4.62. The van der Waals surface area contributed by atoms with Crippen molar-refractivity contribution in [3.05, 3.63) is 64.4 Å². The summed E-state index contributed by atoms with van der Waals surface area (Å²) in [4.78, 5) is 9.95. The average molecular weight is 359 g/mol. The lowest BCUT2D eigenvalue weighted by Gasteiger charge is -2.06. The first-order valence-electron chi connectivity index (χ1n) is 7.12. The van der Waals surface area contributed by atoms with Crippen LogP contribution in [0.25, 0.3) is 22.4 Å². The van der Waals surface area contributed by atoms with Gasteiger partial charge in [-0.1, -0.05) is 41.6 Å². The molecule has 0 spiro atoms. The fourth-order valence-corrected chi connectivity index (χ4v) is 3.24. The van der Waals surface area contributed by atoms with E-state index in [0.717, 1.165) is 17.7 Å². The molecule has 9 heteroatoms. The van der Waals surface area contributed by atoms with Gasteiger partial charge in [-0.15, -0.1) is 0 Å². The number of nitro groups is 1. The molecule has 2 N–H and O–H groups in total. The molecule has 0 aliphatic carbocycles. The minimum atomic E-state index is -4.22. The zero-order valence-corrected chi connectivity index (χ0v) is 13.9. The van der Waals surface area contributed by atoms with E-state index in [-0.39, 0.29) is 0 Å². The van der Waals surface area contributed by atoms with Gasteiger partial charge >= 0.3 is 0 Å². The molecule has 1 aromatic heterocycles. The summed E-state index contributed by atoms with van der Waals surface area (Å²) in [5.41, 5.74) is 1.65. The molecule has 3 aromatic rings. The predicted molar refractivity (Wildman–Crippen MR) is 90.1 cm³/mol. The molecule has 0 bridgehead atoms. The van der Waals surface area contributed by atoms with Gasteiger partial charge in [0.1, 0.15) is 11.5 Å². The second-order valence-electron chi connectivity index (χ2n) is 5.31. The number of nitrogens with two attached hydrogens (primary N) is 1. The number of benzene rings is 2. The highest BCUT2D eigenvalue weighted by Gasteiger charge is 2.25. The van der Waals surface area contributed by atoms with Crippen LogP contribution >= 0.6 is 0 Å². The van der Waals surface area contributed by atoms with Crippen molar-refractivity contribution < 1.29 is 17.9 Å². The molecule has 128 valence electrons. The van der Waals surface area contributed by atoms with E-state index < -0.39 is 25.5 Å². The van der Waals surface area contributed by atoms with Crippen LogP contribution in [0.15, 0.2) is 57.9 Å². The quantitative estimate of drug-likeness (QED) is 0.563. The Labute approximate surface area is 143 Å². The lowest BCUT2D eigenvalue weighted by Crippen LogP contribution is -2.14. The first-order valence-corrected chi connectivity index (χ1v) is 8.67. The maximum absolute atomic E-state index is 11.6. The summed E-state index contributed by atoms with van der Waals surface area (Å²) >= 11 is 0. The number of aryl methyl sites for hydroxylation is 1. The Hall–Kier alpha value is -3.04. The third-order valence-electron chi connectivity index (χ3n) is 3.66. The highest BCUT2D eigenvalue weighted by atomic mass is 32.2. The summed E-state index contributed by atoms with van der Waals surface area (Å²) in [6.45, 7) is 1.67. The highest BCUT2D eigenvalue weighted by molar-refractivity contribution is 7.89. The summed E-state index contributed by atoms with van der Waals surface area (Å²) < 4.78 is 28.3. The van der Waals surface area contributed by atoms with Crippen LogP contribution in [0.1, 0.15) is 5.76 Å². The van der Waals surface area contributed by atoms with E-state index in [0.29, 0.717) is 22.6 Å². The lowest BCUT2D eigenvalue weighted by atomic mass is 9.99. The van der Waals surface area contributed by atoms with E-state index in [9.17, 15) is 18.5 Å². The van der Waals surface area contributed by atoms with E-state index in [1.54, 1.807) is 6.92 Å². The summed E-state index contributed by atoms with van der Waals surface area (Å²) in [6.07, 6.45) is 0. The van der Waals surface area contributed by atoms with Crippen LogP contribution in [-0.2, 0) is 10.0 Å². The first kappa shape index (κ1) is 16.8. The Kier molecular flexibility index (Phi) is 4.11. The number of aromatic nitrogens is 1. The van der Waals surface area contributed by atoms with E-state index >= 15 is 0 Å². The lowest BCUT2D eigenvalue weighted by molar-refractivity contribution is -0.387. The standard InChI is InChI=1S/C16H13N3O5S/c1-10-15(16(18-24-10)11-5-3-2-4-6-11)12-7-8-14(25(17,22)23)13(9-12)19(20)21/h2-9H,1H3,(H2,17,22,23). The maximum atomic E-state index is 11.6. The van der Waals surface area contributed by atoms with Crippen molar-refractivity contribution in [2.75, 3.05) is 0 Å². The van der Waals surface area contributed by atoms with Crippen LogP contribution in [0.2, 0.25) is 0 Å². The fourth-order valence-electron chi connectivity index (χ4n) is 2.56. The molecule has 0 radical (unpaired) electrons. The molecule has 0 atom stereocenters. The van der Waals surface area contributed by atoms with E-state index in [1.807, 2.05) is 30.3 Å². The number of nitro benzene ring substituents is 1. The Morgan fingerprint density at radius 2 is 1.80 bits per heavy atom. The normalized spacial score (nSPS) is 11.4. The van der Waals surface area contributed by atoms with Gasteiger partial charge in [-0.2, -0.15) is 0 Å². The number of hydrogen-bond donors (Lipinski definition) is 1. The topological polar surface area (TPSA) is 129 Å². The van der Waals surface area contributed by atoms with Crippen molar-refractivity contribution in [1.82, 2.24) is 5.16 Å². The number of hydrogen-bond acceptors (Lipinski definition) is 6.